The smallest absolute Gasteiger partial charge is 0.304 e. The Morgan fingerprint density at radius 2 is 1.13 bits per heavy atom. The first-order chi connectivity index (χ1) is 14.7. The van der Waals surface area contributed by atoms with Gasteiger partial charge in [0, 0.05) is 17.0 Å². The number of carboxylic acids is 1. The van der Waals surface area contributed by atoms with Crippen LogP contribution in [-0.4, -0.2) is 49.4 Å². The average Bonchev–Trinajstić information content (AvgIpc) is 2.75. The van der Waals surface area contributed by atoms with Gasteiger partial charge in [0.15, 0.2) is 23.0 Å². The minimum atomic E-state index is -1.32. The van der Waals surface area contributed by atoms with Gasteiger partial charge >= 0.3 is 5.97 Å². The molecule has 1 N–H and O–H groups in total. The van der Waals surface area contributed by atoms with E-state index < -0.39 is 39.5 Å². The van der Waals surface area contributed by atoms with Crippen LogP contribution in [0.4, 0.5) is 11.4 Å². The van der Waals surface area contributed by atoms with Crippen molar-refractivity contribution in [1.29, 1.82) is 0 Å². The van der Waals surface area contributed by atoms with Gasteiger partial charge in [0.2, 0.25) is 0 Å². The molecule has 31 heavy (non-hydrogen) atoms. The zero-order valence-corrected chi connectivity index (χ0v) is 17.1. The van der Waals surface area contributed by atoms with E-state index in [0.717, 1.165) is 12.1 Å². The van der Waals surface area contributed by atoms with Gasteiger partial charge in [0.25, 0.3) is 11.4 Å². The Balaban J connectivity index is 2.91. The molecular formula is C19H20N2O10. The van der Waals surface area contributed by atoms with Crippen LogP contribution >= 0.6 is 0 Å². The fourth-order valence-corrected chi connectivity index (χ4v) is 3.20. The van der Waals surface area contributed by atoms with E-state index in [-0.39, 0.29) is 34.1 Å². The normalized spacial score (nSPS) is 10.5. The predicted octanol–water partition coefficient (Wildman–Crippen LogP) is 3.14. The molecule has 0 heterocycles. The number of carboxylic acid groups (broad SMARTS) is 1. The highest BCUT2D eigenvalue weighted by molar-refractivity contribution is 5.72. The second kappa shape index (κ2) is 9.61. The van der Waals surface area contributed by atoms with E-state index >= 15 is 0 Å². The average molecular weight is 436 g/mol. The molecule has 0 aliphatic heterocycles. The first-order valence-corrected chi connectivity index (χ1v) is 8.70. The molecule has 0 atom stereocenters. The van der Waals surface area contributed by atoms with Crippen LogP contribution in [0.5, 0.6) is 23.0 Å². The molecule has 0 saturated carbocycles. The standard InChI is InChI=1S/C19H20N2O10/c1-28-15-5-11(13(20(24)25)8-17(15)30-3)10(7-19(22)23)12-6-16(29-2)18(31-4)9-14(12)21(26)27/h5-6,8-10H,7H2,1-4H3,(H,22,23). The van der Waals surface area contributed by atoms with Crippen LogP contribution in [-0.2, 0) is 4.79 Å². The van der Waals surface area contributed by atoms with Crippen molar-refractivity contribution in [3.8, 4) is 23.0 Å². The number of carbonyl (C=O) groups is 1. The molecule has 0 radical (unpaired) electrons. The molecule has 0 spiro atoms. The molecule has 0 saturated heterocycles. The summed E-state index contributed by atoms with van der Waals surface area (Å²) in [7, 11) is 5.18. The van der Waals surface area contributed by atoms with E-state index in [1.165, 1.54) is 40.6 Å². The summed E-state index contributed by atoms with van der Waals surface area (Å²) in [6.45, 7) is 0. The monoisotopic (exact) mass is 436 g/mol. The maximum atomic E-state index is 11.7. The van der Waals surface area contributed by atoms with Gasteiger partial charge in [-0.2, -0.15) is 0 Å². The molecule has 0 bridgehead atoms. The van der Waals surface area contributed by atoms with Crippen LogP contribution in [0.25, 0.3) is 0 Å². The van der Waals surface area contributed by atoms with E-state index in [9.17, 15) is 30.1 Å². The van der Waals surface area contributed by atoms with Crippen molar-refractivity contribution in [3.05, 3.63) is 55.6 Å². The molecule has 0 aliphatic rings. The summed E-state index contributed by atoms with van der Waals surface area (Å²) in [6, 6.07) is 4.64. The summed E-state index contributed by atoms with van der Waals surface area (Å²) in [6.07, 6.45) is -0.674. The predicted molar refractivity (Wildman–Crippen MR) is 106 cm³/mol. The third kappa shape index (κ3) is 4.74. The third-order valence-electron chi connectivity index (χ3n) is 4.59. The first-order valence-electron chi connectivity index (χ1n) is 8.70. The van der Waals surface area contributed by atoms with Gasteiger partial charge in [0.1, 0.15) is 0 Å². The number of nitro benzene ring substituents is 2. The highest BCUT2D eigenvalue weighted by Gasteiger charge is 2.34. The summed E-state index contributed by atoms with van der Waals surface area (Å²) >= 11 is 0. The van der Waals surface area contributed by atoms with Crippen molar-refractivity contribution in [2.75, 3.05) is 28.4 Å². The number of methoxy groups -OCH3 is 4. The summed E-state index contributed by atoms with van der Waals surface area (Å²) in [4.78, 5) is 33.6. The van der Waals surface area contributed by atoms with Crippen molar-refractivity contribution >= 4 is 17.3 Å². The van der Waals surface area contributed by atoms with Gasteiger partial charge in [-0.3, -0.25) is 25.0 Å². The van der Waals surface area contributed by atoms with Crippen LogP contribution in [0.2, 0.25) is 0 Å². The molecule has 2 aromatic carbocycles. The zero-order valence-electron chi connectivity index (χ0n) is 17.1. The molecule has 0 aliphatic carbocycles. The number of ether oxygens (including phenoxy) is 4. The Kier molecular flexibility index (Phi) is 7.19. The van der Waals surface area contributed by atoms with Crippen molar-refractivity contribution in [3.63, 3.8) is 0 Å². The van der Waals surface area contributed by atoms with Crippen molar-refractivity contribution in [2.45, 2.75) is 12.3 Å². The number of rotatable bonds is 10. The van der Waals surface area contributed by atoms with Gasteiger partial charge in [0.05, 0.1) is 56.8 Å². The lowest BCUT2D eigenvalue weighted by Crippen LogP contribution is -2.13. The first kappa shape index (κ1) is 23.2. The van der Waals surface area contributed by atoms with Crippen LogP contribution in [0, 0.1) is 20.2 Å². The van der Waals surface area contributed by atoms with Crippen molar-refractivity contribution in [2.24, 2.45) is 0 Å². The zero-order chi connectivity index (χ0) is 23.3. The Labute approximate surface area is 176 Å². The molecule has 0 unspecified atom stereocenters. The van der Waals surface area contributed by atoms with Crippen molar-refractivity contribution in [1.82, 2.24) is 0 Å². The van der Waals surface area contributed by atoms with Gasteiger partial charge < -0.3 is 24.1 Å². The summed E-state index contributed by atoms with van der Waals surface area (Å²) < 4.78 is 20.5. The van der Waals surface area contributed by atoms with E-state index in [0.29, 0.717) is 0 Å². The molecule has 166 valence electrons. The number of nitrogens with zero attached hydrogens (tertiary/aromatic N) is 2. The molecule has 0 aromatic heterocycles. The van der Waals surface area contributed by atoms with Gasteiger partial charge in [-0.05, 0) is 12.1 Å². The molecule has 12 nitrogen and oxygen atoms in total. The van der Waals surface area contributed by atoms with Crippen molar-refractivity contribution < 1.29 is 38.7 Å². The SMILES string of the molecule is COc1cc(C(CC(=O)O)c2cc(OC)c(OC)cc2[N+](=O)[O-])c([N+](=O)[O-])cc1OC. The largest absolute Gasteiger partial charge is 0.493 e. The van der Waals surface area contributed by atoms with Crippen LogP contribution in [0.1, 0.15) is 23.5 Å². The maximum Gasteiger partial charge on any atom is 0.304 e. The number of aliphatic carboxylic acids is 1. The number of hydrogen-bond acceptors (Lipinski definition) is 9. The molecule has 2 aromatic rings. The highest BCUT2D eigenvalue weighted by Crippen LogP contribution is 2.46. The highest BCUT2D eigenvalue weighted by atomic mass is 16.6. The van der Waals surface area contributed by atoms with Crippen LogP contribution in [0.15, 0.2) is 24.3 Å². The molecule has 2 rings (SSSR count). The molecule has 0 amide bonds. The molecule has 12 heteroatoms. The van der Waals surface area contributed by atoms with Crippen LogP contribution in [0.3, 0.4) is 0 Å². The van der Waals surface area contributed by atoms with E-state index in [1.54, 1.807) is 0 Å². The topological polar surface area (TPSA) is 161 Å². The minimum Gasteiger partial charge on any atom is -0.493 e. The summed E-state index contributed by atoms with van der Waals surface area (Å²) in [5, 5.41) is 32.9. The number of benzene rings is 2. The lowest BCUT2D eigenvalue weighted by Gasteiger charge is -2.19. The Bertz CT molecular complexity index is 948. The van der Waals surface area contributed by atoms with Gasteiger partial charge in [-0.25, -0.2) is 0 Å². The molecule has 0 fully saturated rings. The lowest BCUT2D eigenvalue weighted by atomic mass is 9.85. The second-order valence-electron chi connectivity index (χ2n) is 6.20. The summed E-state index contributed by atoms with van der Waals surface area (Å²) in [5.74, 6) is -2.30. The Hall–Kier alpha value is -4.09. The van der Waals surface area contributed by atoms with E-state index in [4.69, 9.17) is 18.9 Å². The fourth-order valence-electron chi connectivity index (χ4n) is 3.20. The van der Waals surface area contributed by atoms with E-state index in [2.05, 4.69) is 0 Å². The van der Waals surface area contributed by atoms with Gasteiger partial charge in [-0.15, -0.1) is 0 Å². The third-order valence-corrected chi connectivity index (χ3v) is 4.59. The van der Waals surface area contributed by atoms with Crippen LogP contribution < -0.4 is 18.9 Å². The van der Waals surface area contributed by atoms with E-state index in [1.807, 2.05) is 0 Å². The second-order valence-corrected chi connectivity index (χ2v) is 6.20. The maximum absolute atomic E-state index is 11.7. The fraction of sp³-hybridized carbons (Fsp3) is 0.316. The quantitative estimate of drug-likeness (QED) is 0.432. The van der Waals surface area contributed by atoms with Gasteiger partial charge in [-0.1, -0.05) is 0 Å². The number of hydrogen-bond donors (Lipinski definition) is 1. The lowest BCUT2D eigenvalue weighted by molar-refractivity contribution is -0.386. The summed E-state index contributed by atoms with van der Waals surface area (Å²) in [5.41, 5.74) is -1.15. The Morgan fingerprint density at radius 1 is 0.806 bits per heavy atom. The minimum absolute atomic E-state index is 0.0498. The molecular weight excluding hydrogens is 416 g/mol. The Morgan fingerprint density at radius 3 is 1.39 bits per heavy atom. The number of nitro groups is 2.